The van der Waals surface area contributed by atoms with Crippen LogP contribution in [0.15, 0.2) is 61.1 Å². The fourth-order valence-corrected chi connectivity index (χ4v) is 3.57. The Hall–Kier alpha value is -3.03. The van der Waals surface area contributed by atoms with Crippen LogP contribution < -0.4 is 0 Å². The van der Waals surface area contributed by atoms with Crippen molar-refractivity contribution in [2.24, 2.45) is 0 Å². The summed E-state index contributed by atoms with van der Waals surface area (Å²) in [4.78, 5) is 19.7. The Morgan fingerprint density at radius 1 is 1.14 bits per heavy atom. The first-order chi connectivity index (χ1) is 13.6. The number of benzene rings is 1. The summed E-state index contributed by atoms with van der Waals surface area (Å²) in [6, 6.07) is 13.4. The molecule has 1 saturated heterocycles. The molecule has 1 aliphatic heterocycles. The van der Waals surface area contributed by atoms with Gasteiger partial charge in [0.2, 0.25) is 0 Å². The third-order valence-electron chi connectivity index (χ3n) is 5.18. The number of nitrogens with zero attached hydrogens (tertiary/aromatic N) is 5. The van der Waals surface area contributed by atoms with E-state index >= 15 is 0 Å². The molecule has 1 aliphatic rings. The number of pyridine rings is 1. The number of carboxylic acids is 1. The van der Waals surface area contributed by atoms with Gasteiger partial charge in [-0.15, -0.1) is 0 Å². The number of carbonyl (C=O) groups is 1. The van der Waals surface area contributed by atoms with Gasteiger partial charge in [0.1, 0.15) is 6.04 Å². The maximum Gasteiger partial charge on any atom is 0.322 e. The van der Waals surface area contributed by atoms with Crippen LogP contribution in [0.3, 0.4) is 0 Å². The summed E-state index contributed by atoms with van der Waals surface area (Å²) in [5.74, 6) is -0.776. The Balaban J connectivity index is 1.65. The molecule has 0 bridgehead atoms. The second-order valence-electron chi connectivity index (χ2n) is 7.09. The minimum atomic E-state index is -0.776. The number of piperazine rings is 1. The molecule has 0 aliphatic carbocycles. The molecular weight excluding hydrogens is 354 g/mol. The first-order valence-corrected chi connectivity index (χ1v) is 9.31. The summed E-state index contributed by atoms with van der Waals surface area (Å²) in [5.41, 5.74) is 3.97. The van der Waals surface area contributed by atoms with Crippen molar-refractivity contribution >= 4 is 5.97 Å². The van der Waals surface area contributed by atoms with Gasteiger partial charge in [-0.3, -0.25) is 19.6 Å². The highest BCUT2D eigenvalue weighted by Crippen LogP contribution is 2.25. The lowest BCUT2D eigenvalue weighted by Gasteiger charge is -2.37. The molecule has 4 rings (SSSR count). The van der Waals surface area contributed by atoms with Gasteiger partial charge in [-0.25, -0.2) is 4.68 Å². The molecule has 0 spiro atoms. The minimum absolute atomic E-state index is 0.484. The van der Waals surface area contributed by atoms with Gasteiger partial charge in [-0.1, -0.05) is 18.2 Å². The minimum Gasteiger partial charge on any atom is -0.480 e. The van der Waals surface area contributed by atoms with Crippen LogP contribution in [0.5, 0.6) is 0 Å². The van der Waals surface area contributed by atoms with Gasteiger partial charge in [-0.2, -0.15) is 5.10 Å². The molecule has 7 nitrogen and oxygen atoms in total. The first-order valence-electron chi connectivity index (χ1n) is 9.31. The van der Waals surface area contributed by atoms with E-state index in [0.717, 1.165) is 35.6 Å². The summed E-state index contributed by atoms with van der Waals surface area (Å²) in [7, 11) is 1.87. The number of rotatable bonds is 5. The number of para-hydroxylation sites is 1. The van der Waals surface area contributed by atoms with Gasteiger partial charge in [-0.05, 0) is 31.3 Å². The second-order valence-corrected chi connectivity index (χ2v) is 7.09. The third kappa shape index (κ3) is 3.81. The highest BCUT2D eigenvalue weighted by atomic mass is 16.4. The van der Waals surface area contributed by atoms with E-state index in [0.29, 0.717) is 13.1 Å². The van der Waals surface area contributed by atoms with Crippen LogP contribution >= 0.6 is 0 Å². The van der Waals surface area contributed by atoms with E-state index in [-0.39, 0.29) is 0 Å². The van der Waals surface area contributed by atoms with Gasteiger partial charge in [0.25, 0.3) is 0 Å². The quantitative estimate of drug-likeness (QED) is 0.734. The van der Waals surface area contributed by atoms with E-state index in [1.807, 2.05) is 65.3 Å². The number of carboxylic acid groups (broad SMARTS) is 1. The average molecular weight is 377 g/mol. The molecule has 1 aromatic carbocycles. The second kappa shape index (κ2) is 7.92. The largest absolute Gasteiger partial charge is 0.480 e. The lowest BCUT2D eigenvalue weighted by Crippen LogP contribution is -2.54. The zero-order valence-electron chi connectivity index (χ0n) is 15.8. The van der Waals surface area contributed by atoms with Crippen molar-refractivity contribution < 1.29 is 9.90 Å². The van der Waals surface area contributed by atoms with Crippen LogP contribution in [0.2, 0.25) is 0 Å². The molecule has 0 saturated carbocycles. The van der Waals surface area contributed by atoms with E-state index < -0.39 is 12.0 Å². The van der Waals surface area contributed by atoms with E-state index in [4.69, 9.17) is 5.10 Å². The molecule has 1 unspecified atom stereocenters. The maximum absolute atomic E-state index is 11.5. The summed E-state index contributed by atoms with van der Waals surface area (Å²) < 4.78 is 1.88. The van der Waals surface area contributed by atoms with Crippen molar-refractivity contribution in [3.05, 3.63) is 66.6 Å². The molecule has 0 radical (unpaired) electrons. The van der Waals surface area contributed by atoms with Crippen LogP contribution in [0.4, 0.5) is 0 Å². The van der Waals surface area contributed by atoms with E-state index in [2.05, 4.69) is 9.88 Å². The summed E-state index contributed by atoms with van der Waals surface area (Å²) in [6.45, 7) is 2.71. The molecule has 1 N–H and O–H groups in total. The lowest BCUT2D eigenvalue weighted by molar-refractivity contribution is -0.145. The van der Waals surface area contributed by atoms with E-state index in [9.17, 15) is 9.90 Å². The topological polar surface area (TPSA) is 74.5 Å². The van der Waals surface area contributed by atoms with Crippen LogP contribution in [-0.4, -0.2) is 68.4 Å². The molecule has 1 atom stereocenters. The van der Waals surface area contributed by atoms with Gasteiger partial charge >= 0.3 is 5.97 Å². The van der Waals surface area contributed by atoms with Gasteiger partial charge in [0.05, 0.1) is 11.4 Å². The number of aliphatic carboxylic acids is 1. The Morgan fingerprint density at radius 3 is 2.61 bits per heavy atom. The van der Waals surface area contributed by atoms with Crippen molar-refractivity contribution in [3.8, 4) is 16.9 Å². The molecule has 2 aromatic heterocycles. The van der Waals surface area contributed by atoms with Crippen molar-refractivity contribution in [1.82, 2.24) is 24.6 Å². The molecule has 7 heteroatoms. The SMILES string of the molecule is CN1CCN(Cc2cn(-c3ccccc3)nc2-c2ccncc2)CC1C(=O)O. The molecule has 3 heterocycles. The third-order valence-corrected chi connectivity index (χ3v) is 5.18. The van der Waals surface area contributed by atoms with Gasteiger partial charge < -0.3 is 5.11 Å². The Labute approximate surface area is 163 Å². The summed E-state index contributed by atoms with van der Waals surface area (Å²) in [6.07, 6.45) is 5.56. The van der Waals surface area contributed by atoms with Crippen LogP contribution in [0, 0.1) is 0 Å². The number of likely N-dealkylation sites (N-methyl/N-ethyl adjacent to an activating group) is 1. The maximum atomic E-state index is 11.5. The van der Waals surface area contributed by atoms with Crippen LogP contribution in [0.1, 0.15) is 5.56 Å². The molecular formula is C21H23N5O2. The van der Waals surface area contributed by atoms with Gasteiger partial charge in [0.15, 0.2) is 0 Å². The van der Waals surface area contributed by atoms with Crippen molar-refractivity contribution in [2.45, 2.75) is 12.6 Å². The van der Waals surface area contributed by atoms with E-state index in [1.165, 1.54) is 0 Å². The highest BCUT2D eigenvalue weighted by Gasteiger charge is 2.30. The lowest BCUT2D eigenvalue weighted by atomic mass is 10.1. The average Bonchev–Trinajstić information content (AvgIpc) is 3.14. The normalized spacial score (nSPS) is 18.2. The highest BCUT2D eigenvalue weighted by molar-refractivity contribution is 5.74. The Bertz CT molecular complexity index is 942. The van der Waals surface area contributed by atoms with Crippen molar-refractivity contribution in [3.63, 3.8) is 0 Å². The molecule has 144 valence electrons. The number of aromatic nitrogens is 3. The van der Waals surface area contributed by atoms with Gasteiger partial charge in [0, 0.05) is 55.9 Å². The summed E-state index contributed by atoms with van der Waals surface area (Å²) >= 11 is 0. The predicted octanol–water partition coefficient (Wildman–Crippen LogP) is 2.13. The van der Waals surface area contributed by atoms with E-state index in [1.54, 1.807) is 12.4 Å². The fourth-order valence-electron chi connectivity index (χ4n) is 3.57. The zero-order valence-corrected chi connectivity index (χ0v) is 15.8. The molecule has 3 aromatic rings. The Kier molecular flexibility index (Phi) is 5.18. The van der Waals surface area contributed by atoms with Crippen molar-refractivity contribution in [2.75, 3.05) is 26.7 Å². The summed E-state index contributed by atoms with van der Waals surface area (Å²) in [5, 5.41) is 14.3. The zero-order chi connectivity index (χ0) is 19.5. The van der Waals surface area contributed by atoms with Crippen LogP contribution in [0.25, 0.3) is 16.9 Å². The standard InChI is InChI=1S/C21H23N5O2/c1-24-11-12-25(15-19(24)21(27)28)13-17-14-26(18-5-3-2-4-6-18)23-20(17)16-7-9-22-10-8-16/h2-10,14,19H,11-13,15H2,1H3,(H,27,28). The smallest absolute Gasteiger partial charge is 0.322 e. The number of hydrogen-bond acceptors (Lipinski definition) is 5. The molecule has 1 fully saturated rings. The molecule has 0 amide bonds. The monoisotopic (exact) mass is 377 g/mol. The Morgan fingerprint density at radius 2 is 1.89 bits per heavy atom. The van der Waals surface area contributed by atoms with Crippen molar-refractivity contribution in [1.29, 1.82) is 0 Å². The number of hydrogen-bond donors (Lipinski definition) is 1. The molecule has 28 heavy (non-hydrogen) atoms. The predicted molar refractivity (Wildman–Crippen MR) is 106 cm³/mol. The first kappa shape index (κ1) is 18.3. The fraction of sp³-hybridized carbons (Fsp3) is 0.286. The van der Waals surface area contributed by atoms with Crippen LogP contribution in [-0.2, 0) is 11.3 Å².